The molecule has 0 atom stereocenters. The van der Waals surface area contributed by atoms with Gasteiger partial charge in [-0.15, -0.1) is 0 Å². The van der Waals surface area contributed by atoms with Gasteiger partial charge in [0.1, 0.15) is 0 Å². The lowest BCUT2D eigenvalue weighted by Crippen LogP contribution is -2.28. The monoisotopic (exact) mass is 543 g/mol. The Morgan fingerprint density at radius 3 is 2.49 bits per heavy atom. The van der Waals surface area contributed by atoms with Crippen LogP contribution in [0.1, 0.15) is 70.2 Å². The summed E-state index contributed by atoms with van der Waals surface area (Å²) in [5.74, 6) is -0.460. The molecule has 0 radical (unpaired) electrons. The summed E-state index contributed by atoms with van der Waals surface area (Å²) >= 11 is 13.8. The molecule has 0 fully saturated rings. The number of aliphatic carboxylic acids is 1. The summed E-state index contributed by atoms with van der Waals surface area (Å²) in [6.45, 7) is 7.17. The van der Waals surface area contributed by atoms with E-state index in [-0.39, 0.29) is 13.2 Å². The van der Waals surface area contributed by atoms with Crippen molar-refractivity contribution < 1.29 is 24.2 Å². The molecule has 0 bridgehead atoms. The fourth-order valence-electron chi connectivity index (χ4n) is 3.39. The minimum absolute atomic E-state index is 0.0106. The van der Waals surface area contributed by atoms with E-state index in [0.717, 1.165) is 36.1 Å². The van der Waals surface area contributed by atoms with Crippen LogP contribution in [0, 0.1) is 5.41 Å². The van der Waals surface area contributed by atoms with Gasteiger partial charge in [0.15, 0.2) is 5.16 Å². The summed E-state index contributed by atoms with van der Waals surface area (Å²) < 4.78 is 11.0. The van der Waals surface area contributed by atoms with Crippen LogP contribution in [0.3, 0.4) is 0 Å². The highest BCUT2D eigenvalue weighted by Gasteiger charge is 2.29. The molecule has 2 aromatic rings. The third-order valence-corrected chi connectivity index (χ3v) is 6.83. The predicted molar refractivity (Wildman–Crippen MR) is 136 cm³/mol. The van der Waals surface area contributed by atoms with Gasteiger partial charge >= 0.3 is 11.9 Å². The second-order valence-corrected chi connectivity index (χ2v) is 10.0. The fraction of sp³-hybridized carbons (Fsp3) is 0.542. The zero-order chi connectivity index (χ0) is 26.0. The Kier molecular flexibility index (Phi) is 11.5. The summed E-state index contributed by atoms with van der Waals surface area (Å²) in [7, 11) is 0. The third kappa shape index (κ3) is 8.51. The number of esters is 1. The first kappa shape index (κ1) is 29.1. The molecule has 8 nitrogen and oxygen atoms in total. The van der Waals surface area contributed by atoms with Gasteiger partial charge in [0.25, 0.3) is 0 Å². The number of aromatic nitrogens is 3. The number of fused-ring (bicyclic) bond motifs is 1. The number of hydrogen-bond donors (Lipinski definition) is 1. The number of hydrogen-bond acceptors (Lipinski definition) is 8. The van der Waals surface area contributed by atoms with Crippen molar-refractivity contribution in [2.75, 3.05) is 6.79 Å². The molecule has 0 saturated heterocycles. The Balaban J connectivity index is 0.00000210. The van der Waals surface area contributed by atoms with Crippen molar-refractivity contribution in [1.82, 2.24) is 15.0 Å². The van der Waals surface area contributed by atoms with Gasteiger partial charge in [0.2, 0.25) is 12.7 Å². The van der Waals surface area contributed by atoms with E-state index in [4.69, 9.17) is 37.8 Å². The van der Waals surface area contributed by atoms with Crippen LogP contribution in [0.2, 0.25) is 10.0 Å². The molecule has 1 aliphatic carbocycles. The third-order valence-electron chi connectivity index (χ3n) is 5.30. The number of carboxylic acids is 1. The maximum Gasteiger partial charge on any atom is 0.314 e. The molecule has 35 heavy (non-hydrogen) atoms. The predicted octanol–water partition coefficient (Wildman–Crippen LogP) is 6.15. The van der Waals surface area contributed by atoms with Crippen molar-refractivity contribution in [1.29, 1.82) is 0 Å². The van der Waals surface area contributed by atoms with E-state index in [2.05, 4.69) is 15.0 Å². The topological polar surface area (TPSA) is 112 Å². The molecule has 192 valence electrons. The SMILES string of the molecule is CC.CC(C)(CCCC(=O)O)C(=O)OCOc1nc(SCc2c(Cl)cncc2Cl)nc2c1CCC2. The first-order valence-corrected chi connectivity index (χ1v) is 13.2. The fourth-order valence-corrected chi connectivity index (χ4v) is 4.95. The average Bonchev–Trinajstić information content (AvgIpc) is 3.28. The highest BCUT2D eigenvalue weighted by Crippen LogP contribution is 2.34. The molecule has 11 heteroatoms. The Hall–Kier alpha value is -2.10. The molecule has 1 N–H and O–H groups in total. The molecular formula is C24H31Cl2N3O5S. The average molecular weight is 545 g/mol. The second kappa shape index (κ2) is 13.8. The number of ether oxygens (including phenoxy) is 2. The van der Waals surface area contributed by atoms with Crippen molar-refractivity contribution in [2.24, 2.45) is 5.41 Å². The van der Waals surface area contributed by atoms with E-state index in [1.165, 1.54) is 11.8 Å². The van der Waals surface area contributed by atoms with E-state index in [0.29, 0.717) is 39.7 Å². The molecule has 0 aliphatic heterocycles. The van der Waals surface area contributed by atoms with Gasteiger partial charge in [-0.1, -0.05) is 48.8 Å². The first-order valence-electron chi connectivity index (χ1n) is 11.5. The number of nitrogens with zero attached hydrogens (tertiary/aromatic N) is 3. The van der Waals surface area contributed by atoms with Crippen molar-refractivity contribution in [3.8, 4) is 5.88 Å². The van der Waals surface area contributed by atoms with Crippen molar-refractivity contribution in [2.45, 2.75) is 77.1 Å². The van der Waals surface area contributed by atoms with Crippen LogP contribution in [-0.4, -0.2) is 38.8 Å². The van der Waals surface area contributed by atoms with Crippen LogP contribution < -0.4 is 4.74 Å². The lowest BCUT2D eigenvalue weighted by atomic mass is 9.87. The minimum Gasteiger partial charge on any atom is -0.481 e. The zero-order valence-electron chi connectivity index (χ0n) is 20.4. The van der Waals surface area contributed by atoms with Gasteiger partial charge in [-0.25, -0.2) is 4.98 Å². The number of halogens is 2. The number of carbonyl (C=O) groups is 2. The van der Waals surface area contributed by atoms with Crippen LogP contribution in [0.5, 0.6) is 5.88 Å². The molecule has 1 aliphatic rings. The van der Waals surface area contributed by atoms with E-state index in [1.54, 1.807) is 26.2 Å². The van der Waals surface area contributed by atoms with Crippen molar-refractivity contribution in [3.05, 3.63) is 39.3 Å². The van der Waals surface area contributed by atoms with Gasteiger partial charge in [-0.05, 0) is 46.0 Å². The Morgan fingerprint density at radius 2 is 1.83 bits per heavy atom. The van der Waals surface area contributed by atoms with Gasteiger partial charge in [0.05, 0.1) is 21.2 Å². The van der Waals surface area contributed by atoms with Crippen LogP contribution in [-0.2, 0) is 32.9 Å². The second-order valence-electron chi connectivity index (χ2n) is 8.29. The standard InChI is InChI=1S/C22H25Cl2N3O5S.C2H6/c1-22(2,8-4-7-18(28)29)20(30)32-12-31-19-13-5-3-6-17(13)26-21(27-19)33-11-14-15(23)9-25-10-16(14)24;1-2/h9-10H,3-8,11-12H2,1-2H3,(H,28,29);1-2H3. The number of rotatable bonds is 11. The molecular weight excluding hydrogens is 513 g/mol. The van der Waals surface area contributed by atoms with Crippen LogP contribution in [0.15, 0.2) is 17.6 Å². The van der Waals surface area contributed by atoms with Gasteiger partial charge in [0, 0.05) is 35.7 Å². The summed E-state index contributed by atoms with van der Waals surface area (Å²) in [5, 5.41) is 10.3. The lowest BCUT2D eigenvalue weighted by Gasteiger charge is -2.22. The van der Waals surface area contributed by atoms with Gasteiger partial charge < -0.3 is 14.6 Å². The summed E-state index contributed by atoms with van der Waals surface area (Å²) in [4.78, 5) is 36.2. The highest BCUT2D eigenvalue weighted by atomic mass is 35.5. The zero-order valence-corrected chi connectivity index (χ0v) is 22.7. The number of carboxylic acid groups (broad SMARTS) is 1. The minimum atomic E-state index is -0.887. The number of carbonyl (C=O) groups excluding carboxylic acids is 1. The molecule has 0 aromatic carbocycles. The van der Waals surface area contributed by atoms with E-state index in [1.807, 2.05) is 13.8 Å². The Labute approximate surface area is 220 Å². The molecule has 0 spiro atoms. The molecule has 2 aromatic heterocycles. The van der Waals surface area contributed by atoms with Gasteiger partial charge in [-0.2, -0.15) is 4.98 Å². The van der Waals surface area contributed by atoms with E-state index >= 15 is 0 Å². The molecule has 0 amide bonds. The summed E-state index contributed by atoms with van der Waals surface area (Å²) in [6, 6.07) is 0. The van der Waals surface area contributed by atoms with Crippen molar-refractivity contribution >= 4 is 46.9 Å². The summed E-state index contributed by atoms with van der Waals surface area (Å²) in [6.07, 6.45) is 6.47. The summed E-state index contributed by atoms with van der Waals surface area (Å²) in [5.41, 5.74) is 1.80. The molecule has 2 heterocycles. The highest BCUT2D eigenvalue weighted by molar-refractivity contribution is 7.98. The smallest absolute Gasteiger partial charge is 0.314 e. The molecule has 0 unspecified atom stereocenters. The quantitative estimate of drug-likeness (QED) is 0.154. The Morgan fingerprint density at radius 1 is 1.14 bits per heavy atom. The maximum absolute atomic E-state index is 12.4. The van der Waals surface area contributed by atoms with Crippen LogP contribution >= 0.6 is 35.0 Å². The molecule has 0 saturated carbocycles. The lowest BCUT2D eigenvalue weighted by molar-refractivity contribution is -0.161. The number of aryl methyl sites for hydroxylation is 1. The van der Waals surface area contributed by atoms with Crippen LogP contribution in [0.4, 0.5) is 0 Å². The number of pyridine rings is 1. The normalized spacial score (nSPS) is 12.4. The maximum atomic E-state index is 12.4. The first-order chi connectivity index (χ1) is 16.7. The largest absolute Gasteiger partial charge is 0.481 e. The molecule has 3 rings (SSSR count). The Bertz CT molecular complexity index is 1020. The van der Waals surface area contributed by atoms with Crippen LogP contribution in [0.25, 0.3) is 0 Å². The van der Waals surface area contributed by atoms with Crippen molar-refractivity contribution in [3.63, 3.8) is 0 Å². The van der Waals surface area contributed by atoms with E-state index in [9.17, 15) is 9.59 Å². The number of thioether (sulfide) groups is 1. The van der Waals surface area contributed by atoms with E-state index < -0.39 is 17.4 Å². The van der Waals surface area contributed by atoms with Gasteiger partial charge in [-0.3, -0.25) is 14.6 Å².